The highest BCUT2D eigenvalue weighted by Gasteiger charge is 2.37. The lowest BCUT2D eigenvalue weighted by Gasteiger charge is -2.15. The molecule has 0 spiro atoms. The van der Waals surface area contributed by atoms with Crippen molar-refractivity contribution in [3.05, 3.63) is 59.2 Å². The molecule has 0 aliphatic carbocycles. The van der Waals surface area contributed by atoms with Crippen molar-refractivity contribution < 1.29 is 35.1 Å². The standard InChI is InChI=1S/C14H5F8/c15-10-3-1-2-9(14(20,21)22)12(10)7-4-5-8(11(16)6-7)13(17,18)19/h1-2,4-6H. The predicted octanol–water partition coefficient (Wildman–Crippen LogP) is 5.47. The molecule has 0 N–H and O–H groups in total. The van der Waals surface area contributed by atoms with Crippen LogP contribution in [0.1, 0.15) is 11.1 Å². The van der Waals surface area contributed by atoms with Gasteiger partial charge in [-0.05, 0) is 23.8 Å². The van der Waals surface area contributed by atoms with Crippen molar-refractivity contribution in [3.8, 4) is 11.1 Å². The molecular formula is C14H5F8. The van der Waals surface area contributed by atoms with Crippen molar-refractivity contribution >= 4 is 0 Å². The second-order valence-corrected chi connectivity index (χ2v) is 4.27. The average molecular weight is 325 g/mol. The fourth-order valence-corrected chi connectivity index (χ4v) is 1.89. The van der Waals surface area contributed by atoms with Gasteiger partial charge in [0.25, 0.3) is 0 Å². The Morgan fingerprint density at radius 3 is 1.86 bits per heavy atom. The van der Waals surface area contributed by atoms with Crippen LogP contribution in [0.25, 0.3) is 11.1 Å². The van der Waals surface area contributed by atoms with E-state index in [1.807, 2.05) is 6.07 Å². The van der Waals surface area contributed by atoms with E-state index < -0.39 is 46.2 Å². The van der Waals surface area contributed by atoms with Gasteiger partial charge >= 0.3 is 12.4 Å². The van der Waals surface area contributed by atoms with Crippen LogP contribution in [0.15, 0.2) is 30.3 Å². The van der Waals surface area contributed by atoms with Crippen molar-refractivity contribution in [3.63, 3.8) is 0 Å². The molecule has 2 rings (SSSR count). The first-order valence-corrected chi connectivity index (χ1v) is 5.66. The average Bonchev–Trinajstić information content (AvgIpc) is 2.35. The number of hydrogen-bond donors (Lipinski definition) is 0. The molecule has 0 aromatic heterocycles. The van der Waals surface area contributed by atoms with Gasteiger partial charge in [0.2, 0.25) is 0 Å². The SMILES string of the molecule is Fc1[c]ccc(C(F)(F)F)c1-c1ccc(C(F)(F)F)c(F)c1. The fourth-order valence-electron chi connectivity index (χ4n) is 1.89. The third-order valence-electron chi connectivity index (χ3n) is 2.82. The third kappa shape index (κ3) is 3.05. The summed E-state index contributed by atoms with van der Waals surface area (Å²) < 4.78 is 103. The summed E-state index contributed by atoms with van der Waals surface area (Å²) >= 11 is 0. The molecule has 22 heavy (non-hydrogen) atoms. The molecule has 0 nitrogen and oxygen atoms in total. The van der Waals surface area contributed by atoms with Crippen molar-refractivity contribution in [1.29, 1.82) is 0 Å². The van der Waals surface area contributed by atoms with Crippen LogP contribution in [0.5, 0.6) is 0 Å². The molecule has 2 aromatic rings. The Morgan fingerprint density at radius 1 is 0.773 bits per heavy atom. The summed E-state index contributed by atoms with van der Waals surface area (Å²) in [5.74, 6) is -3.23. The zero-order chi connectivity index (χ0) is 16.7. The molecule has 0 unspecified atom stereocenters. The molecule has 8 heteroatoms. The second-order valence-electron chi connectivity index (χ2n) is 4.27. The largest absolute Gasteiger partial charge is 0.419 e. The lowest BCUT2D eigenvalue weighted by molar-refractivity contribution is -0.140. The van der Waals surface area contributed by atoms with Crippen LogP contribution in [0, 0.1) is 17.7 Å². The molecule has 0 saturated heterocycles. The van der Waals surface area contributed by atoms with Crippen LogP contribution >= 0.6 is 0 Å². The minimum Gasteiger partial charge on any atom is -0.206 e. The summed E-state index contributed by atoms with van der Waals surface area (Å²) in [6.07, 6.45) is -9.96. The molecule has 0 bridgehead atoms. The molecule has 2 aromatic carbocycles. The van der Waals surface area contributed by atoms with Gasteiger partial charge in [0.1, 0.15) is 11.6 Å². The van der Waals surface area contributed by atoms with Gasteiger partial charge in [0, 0.05) is 11.6 Å². The second kappa shape index (κ2) is 5.26. The van der Waals surface area contributed by atoms with Crippen molar-refractivity contribution in [2.75, 3.05) is 0 Å². The number of benzene rings is 2. The molecule has 0 aliphatic heterocycles. The maximum atomic E-state index is 13.6. The summed E-state index contributed by atoms with van der Waals surface area (Å²) in [6.45, 7) is 0. The van der Waals surface area contributed by atoms with Crippen LogP contribution in [-0.2, 0) is 12.4 Å². The third-order valence-corrected chi connectivity index (χ3v) is 2.82. The van der Waals surface area contributed by atoms with Gasteiger partial charge in [0.05, 0.1) is 11.1 Å². The van der Waals surface area contributed by atoms with E-state index >= 15 is 0 Å². The highest BCUT2D eigenvalue weighted by atomic mass is 19.4. The first-order chi connectivity index (χ1) is 10.0. The van der Waals surface area contributed by atoms with Gasteiger partial charge < -0.3 is 0 Å². The minimum absolute atomic E-state index is 0.213. The molecule has 0 aliphatic rings. The monoisotopic (exact) mass is 325 g/mol. The van der Waals surface area contributed by atoms with E-state index in [-0.39, 0.29) is 12.1 Å². The lowest BCUT2D eigenvalue weighted by Crippen LogP contribution is -2.10. The van der Waals surface area contributed by atoms with E-state index in [9.17, 15) is 35.1 Å². The van der Waals surface area contributed by atoms with Crippen LogP contribution in [-0.4, -0.2) is 0 Å². The quantitative estimate of drug-likeness (QED) is 0.610. The predicted molar refractivity (Wildman–Crippen MR) is 60.6 cm³/mol. The van der Waals surface area contributed by atoms with E-state index in [0.29, 0.717) is 18.2 Å². The first-order valence-electron chi connectivity index (χ1n) is 5.66. The molecule has 0 amide bonds. The van der Waals surface area contributed by atoms with Gasteiger partial charge in [-0.2, -0.15) is 26.3 Å². The zero-order valence-electron chi connectivity index (χ0n) is 10.4. The Kier molecular flexibility index (Phi) is 3.88. The molecule has 0 fully saturated rings. The zero-order valence-corrected chi connectivity index (χ0v) is 10.4. The van der Waals surface area contributed by atoms with Crippen molar-refractivity contribution in [2.45, 2.75) is 12.4 Å². The van der Waals surface area contributed by atoms with Crippen molar-refractivity contribution in [2.24, 2.45) is 0 Å². The molecule has 1 radical (unpaired) electrons. The normalized spacial score (nSPS) is 12.5. The molecule has 117 valence electrons. The van der Waals surface area contributed by atoms with Crippen LogP contribution < -0.4 is 0 Å². The summed E-state index contributed by atoms with van der Waals surface area (Å²) in [5, 5.41) is 0. The summed E-state index contributed by atoms with van der Waals surface area (Å²) in [6, 6.07) is 4.10. The Morgan fingerprint density at radius 2 is 1.36 bits per heavy atom. The molecule has 0 atom stereocenters. The first kappa shape index (κ1) is 16.3. The lowest BCUT2D eigenvalue weighted by atomic mass is 9.97. The molecular weight excluding hydrogens is 320 g/mol. The highest BCUT2D eigenvalue weighted by molar-refractivity contribution is 5.69. The van der Waals surface area contributed by atoms with Crippen LogP contribution in [0.2, 0.25) is 0 Å². The fraction of sp³-hybridized carbons (Fsp3) is 0.143. The van der Waals surface area contributed by atoms with Gasteiger partial charge in [-0.1, -0.05) is 12.1 Å². The van der Waals surface area contributed by atoms with E-state index in [1.165, 1.54) is 0 Å². The van der Waals surface area contributed by atoms with Crippen LogP contribution in [0.4, 0.5) is 35.1 Å². The number of hydrogen-bond acceptors (Lipinski definition) is 0. The topological polar surface area (TPSA) is 0 Å². The molecule has 0 saturated carbocycles. The minimum atomic E-state index is -5.00. The maximum absolute atomic E-state index is 13.6. The van der Waals surface area contributed by atoms with E-state index in [2.05, 4.69) is 0 Å². The maximum Gasteiger partial charge on any atom is 0.419 e. The van der Waals surface area contributed by atoms with Crippen LogP contribution in [0.3, 0.4) is 0 Å². The van der Waals surface area contributed by atoms with E-state index in [1.54, 1.807) is 0 Å². The van der Waals surface area contributed by atoms with Gasteiger partial charge in [-0.15, -0.1) is 0 Å². The van der Waals surface area contributed by atoms with Gasteiger partial charge in [0.15, 0.2) is 0 Å². The number of rotatable bonds is 1. The molecule has 0 heterocycles. The Labute approximate surface area is 119 Å². The summed E-state index contributed by atoms with van der Waals surface area (Å²) in [7, 11) is 0. The highest BCUT2D eigenvalue weighted by Crippen LogP contribution is 2.40. The summed E-state index contributed by atoms with van der Waals surface area (Å²) in [4.78, 5) is 0. The van der Waals surface area contributed by atoms with Crippen molar-refractivity contribution in [1.82, 2.24) is 0 Å². The number of alkyl halides is 6. The van der Waals surface area contributed by atoms with E-state index in [4.69, 9.17) is 0 Å². The summed E-state index contributed by atoms with van der Waals surface area (Å²) in [5.41, 5.74) is -4.79. The smallest absolute Gasteiger partial charge is 0.206 e. The van der Waals surface area contributed by atoms with Gasteiger partial charge in [-0.3, -0.25) is 0 Å². The van der Waals surface area contributed by atoms with E-state index in [0.717, 1.165) is 0 Å². The Hall–Kier alpha value is -2.12. The number of halogens is 8. The Bertz CT molecular complexity index is 697. The van der Waals surface area contributed by atoms with Gasteiger partial charge in [-0.25, -0.2) is 8.78 Å². The Balaban J connectivity index is 2.66.